The maximum Gasteiger partial charge on any atom is 0.323 e. The molecule has 1 aliphatic rings. The predicted molar refractivity (Wildman–Crippen MR) is 67.6 cm³/mol. The first-order valence-corrected chi connectivity index (χ1v) is 6.42. The van der Waals surface area contributed by atoms with Crippen LogP contribution >= 0.6 is 0 Å². The summed E-state index contributed by atoms with van der Waals surface area (Å²) in [6, 6.07) is 1.85. The van der Waals surface area contributed by atoms with E-state index in [-0.39, 0.29) is 6.54 Å². The summed E-state index contributed by atoms with van der Waals surface area (Å²) in [4.78, 5) is 21.5. The molecule has 0 unspecified atom stereocenters. The van der Waals surface area contributed by atoms with Crippen LogP contribution in [0.4, 0.5) is 4.79 Å². The summed E-state index contributed by atoms with van der Waals surface area (Å²) >= 11 is 0. The molecule has 19 heavy (non-hydrogen) atoms. The van der Waals surface area contributed by atoms with Crippen molar-refractivity contribution in [2.75, 3.05) is 6.54 Å². The van der Waals surface area contributed by atoms with Crippen molar-refractivity contribution in [3.8, 4) is 0 Å². The van der Waals surface area contributed by atoms with E-state index in [0.29, 0.717) is 12.6 Å². The molecule has 0 radical (unpaired) electrons. The van der Waals surface area contributed by atoms with Crippen molar-refractivity contribution in [3.05, 3.63) is 18.0 Å². The zero-order chi connectivity index (χ0) is 13.7. The third-order valence-electron chi connectivity index (χ3n) is 3.19. The summed E-state index contributed by atoms with van der Waals surface area (Å²) in [7, 11) is 0. The second-order valence-electron chi connectivity index (χ2n) is 4.66. The molecule has 0 aliphatic heterocycles. The van der Waals surface area contributed by atoms with Gasteiger partial charge < -0.3 is 15.7 Å². The minimum absolute atomic E-state index is 0.297. The van der Waals surface area contributed by atoms with E-state index in [1.54, 1.807) is 0 Å². The van der Waals surface area contributed by atoms with Crippen LogP contribution in [0.1, 0.15) is 37.4 Å². The molecule has 7 heteroatoms. The number of carboxylic acids is 1. The highest BCUT2D eigenvalue weighted by atomic mass is 16.4. The molecule has 3 N–H and O–H groups in total. The van der Waals surface area contributed by atoms with Gasteiger partial charge in [-0.05, 0) is 18.9 Å². The number of carboxylic acid groups (broad SMARTS) is 1. The van der Waals surface area contributed by atoms with Crippen LogP contribution in [0.2, 0.25) is 0 Å². The van der Waals surface area contributed by atoms with Gasteiger partial charge in [-0.1, -0.05) is 12.8 Å². The third kappa shape index (κ3) is 3.97. The van der Waals surface area contributed by atoms with Crippen molar-refractivity contribution in [1.82, 2.24) is 20.4 Å². The van der Waals surface area contributed by atoms with E-state index in [9.17, 15) is 9.59 Å². The molecule has 104 valence electrons. The lowest BCUT2D eigenvalue weighted by atomic mass is 10.3. The number of carbonyl (C=O) groups is 2. The van der Waals surface area contributed by atoms with Crippen LogP contribution in [-0.2, 0) is 11.3 Å². The molecule has 1 aromatic rings. The van der Waals surface area contributed by atoms with Crippen LogP contribution < -0.4 is 10.6 Å². The van der Waals surface area contributed by atoms with Crippen LogP contribution in [0.25, 0.3) is 0 Å². The first-order valence-electron chi connectivity index (χ1n) is 6.42. The molecule has 1 aromatic heterocycles. The lowest BCUT2D eigenvalue weighted by molar-refractivity contribution is -0.135. The van der Waals surface area contributed by atoms with Crippen molar-refractivity contribution in [2.24, 2.45) is 0 Å². The second-order valence-corrected chi connectivity index (χ2v) is 4.66. The minimum atomic E-state index is -1.07. The number of nitrogens with zero attached hydrogens (tertiary/aromatic N) is 2. The monoisotopic (exact) mass is 266 g/mol. The topological polar surface area (TPSA) is 96.3 Å². The number of amides is 2. The highest BCUT2D eigenvalue weighted by molar-refractivity contribution is 5.79. The minimum Gasteiger partial charge on any atom is -0.480 e. The van der Waals surface area contributed by atoms with Gasteiger partial charge in [0.1, 0.15) is 6.54 Å². The molecule has 0 saturated heterocycles. The molecule has 2 amide bonds. The Morgan fingerprint density at radius 2 is 2.11 bits per heavy atom. The summed E-state index contributed by atoms with van der Waals surface area (Å²) in [5.41, 5.74) is 0.775. The number of urea groups is 1. The SMILES string of the molecule is O=C(O)CNC(=O)NCc1ccn(C2CCCC2)n1. The number of hydrogen-bond acceptors (Lipinski definition) is 3. The molecule has 1 saturated carbocycles. The van der Waals surface area contributed by atoms with E-state index in [2.05, 4.69) is 15.7 Å². The Bertz CT molecular complexity index is 452. The molecule has 1 aliphatic carbocycles. The largest absolute Gasteiger partial charge is 0.480 e. The van der Waals surface area contributed by atoms with Gasteiger partial charge in [0.25, 0.3) is 0 Å². The fraction of sp³-hybridized carbons (Fsp3) is 0.583. The molecule has 0 spiro atoms. The first kappa shape index (κ1) is 13.4. The van der Waals surface area contributed by atoms with Crippen molar-refractivity contribution in [1.29, 1.82) is 0 Å². The fourth-order valence-electron chi connectivity index (χ4n) is 2.23. The number of carbonyl (C=O) groups excluding carboxylic acids is 1. The molecule has 1 fully saturated rings. The quantitative estimate of drug-likeness (QED) is 0.737. The van der Waals surface area contributed by atoms with Crippen molar-refractivity contribution in [2.45, 2.75) is 38.3 Å². The Hall–Kier alpha value is -2.05. The lowest BCUT2D eigenvalue weighted by Crippen LogP contribution is -2.38. The summed E-state index contributed by atoms with van der Waals surface area (Å²) in [5.74, 6) is -1.07. The molecular weight excluding hydrogens is 248 g/mol. The van der Waals surface area contributed by atoms with E-state index in [1.165, 1.54) is 12.8 Å². The summed E-state index contributed by atoms with van der Waals surface area (Å²) < 4.78 is 1.96. The number of nitrogens with one attached hydrogen (secondary N) is 2. The Kier molecular flexibility index (Phi) is 4.38. The van der Waals surface area contributed by atoms with Gasteiger partial charge in [0, 0.05) is 6.20 Å². The van der Waals surface area contributed by atoms with Gasteiger partial charge in [0.05, 0.1) is 18.3 Å². The average molecular weight is 266 g/mol. The molecule has 0 atom stereocenters. The Labute approximate surface area is 111 Å². The van der Waals surface area contributed by atoms with Gasteiger partial charge >= 0.3 is 12.0 Å². The van der Waals surface area contributed by atoms with E-state index in [1.807, 2.05) is 16.9 Å². The summed E-state index contributed by atoms with van der Waals surface area (Å²) in [6.45, 7) is -0.0898. The van der Waals surface area contributed by atoms with Crippen molar-refractivity contribution in [3.63, 3.8) is 0 Å². The zero-order valence-electron chi connectivity index (χ0n) is 10.6. The van der Waals surface area contributed by atoms with E-state index < -0.39 is 12.0 Å². The Morgan fingerprint density at radius 1 is 1.37 bits per heavy atom. The molecule has 0 aromatic carbocycles. The summed E-state index contributed by atoms with van der Waals surface area (Å²) in [5, 5.41) is 17.6. The van der Waals surface area contributed by atoms with Crippen LogP contribution in [0.15, 0.2) is 12.3 Å². The molecule has 0 bridgehead atoms. The third-order valence-corrected chi connectivity index (χ3v) is 3.19. The van der Waals surface area contributed by atoms with Crippen LogP contribution in [0.5, 0.6) is 0 Å². The standard InChI is InChI=1S/C12H18N4O3/c17-11(18)8-14-12(19)13-7-9-5-6-16(15-9)10-3-1-2-4-10/h5-6,10H,1-4,7-8H2,(H,17,18)(H2,13,14,19). The number of aliphatic carboxylic acids is 1. The second kappa shape index (κ2) is 6.21. The maximum atomic E-state index is 11.3. The van der Waals surface area contributed by atoms with Crippen molar-refractivity contribution >= 4 is 12.0 Å². The van der Waals surface area contributed by atoms with Gasteiger partial charge in [0.2, 0.25) is 0 Å². The first-order chi connectivity index (χ1) is 9.15. The maximum absolute atomic E-state index is 11.3. The molecule has 7 nitrogen and oxygen atoms in total. The van der Waals surface area contributed by atoms with Crippen LogP contribution in [-0.4, -0.2) is 33.4 Å². The van der Waals surface area contributed by atoms with E-state index in [4.69, 9.17) is 5.11 Å². The van der Waals surface area contributed by atoms with E-state index >= 15 is 0 Å². The smallest absolute Gasteiger partial charge is 0.323 e. The van der Waals surface area contributed by atoms with Gasteiger partial charge in [0.15, 0.2) is 0 Å². The van der Waals surface area contributed by atoms with Gasteiger partial charge in [-0.3, -0.25) is 9.48 Å². The van der Waals surface area contributed by atoms with Gasteiger partial charge in [-0.25, -0.2) is 4.79 Å². The predicted octanol–water partition coefficient (Wildman–Crippen LogP) is 0.882. The highest BCUT2D eigenvalue weighted by Gasteiger charge is 2.17. The highest BCUT2D eigenvalue weighted by Crippen LogP contribution is 2.28. The summed E-state index contributed by atoms with van der Waals surface area (Å²) in [6.07, 6.45) is 6.74. The number of rotatable bonds is 5. The molecular formula is C12H18N4O3. The fourth-order valence-corrected chi connectivity index (χ4v) is 2.23. The number of aromatic nitrogens is 2. The van der Waals surface area contributed by atoms with Crippen LogP contribution in [0.3, 0.4) is 0 Å². The normalized spacial score (nSPS) is 15.4. The lowest BCUT2D eigenvalue weighted by Gasteiger charge is -2.09. The van der Waals surface area contributed by atoms with Crippen molar-refractivity contribution < 1.29 is 14.7 Å². The number of hydrogen-bond donors (Lipinski definition) is 3. The van der Waals surface area contributed by atoms with Gasteiger partial charge in [-0.15, -0.1) is 0 Å². The zero-order valence-corrected chi connectivity index (χ0v) is 10.6. The van der Waals surface area contributed by atoms with Gasteiger partial charge in [-0.2, -0.15) is 5.10 Å². The Balaban J connectivity index is 1.76. The average Bonchev–Trinajstić information content (AvgIpc) is 3.03. The van der Waals surface area contributed by atoms with Crippen LogP contribution in [0, 0.1) is 0 Å². The molecule has 2 rings (SSSR count). The molecule has 1 heterocycles. The van der Waals surface area contributed by atoms with E-state index in [0.717, 1.165) is 18.5 Å². The Morgan fingerprint density at radius 3 is 2.79 bits per heavy atom.